The molecular formula is C12H13N3O2. The summed E-state index contributed by atoms with van der Waals surface area (Å²) >= 11 is 0. The highest BCUT2D eigenvalue weighted by Crippen LogP contribution is 2.36. The molecule has 1 aromatic heterocycles. The van der Waals surface area contributed by atoms with Crippen molar-refractivity contribution in [2.45, 2.75) is 19.4 Å². The minimum Gasteiger partial charge on any atom is -0.478 e. The van der Waals surface area contributed by atoms with Gasteiger partial charge in [0.1, 0.15) is 5.75 Å². The van der Waals surface area contributed by atoms with Crippen molar-refractivity contribution in [1.82, 2.24) is 14.3 Å². The molecule has 0 unspecified atom stereocenters. The average molecular weight is 231 g/mol. The molecule has 0 aliphatic carbocycles. The minimum absolute atomic E-state index is 0.149. The largest absolute Gasteiger partial charge is 0.478 e. The molecule has 17 heavy (non-hydrogen) atoms. The summed E-state index contributed by atoms with van der Waals surface area (Å²) in [6.45, 7) is 3.81. The molecule has 0 bridgehead atoms. The lowest BCUT2D eigenvalue weighted by atomic mass is 10.1. The highest BCUT2D eigenvalue weighted by molar-refractivity contribution is 5.49. The third kappa shape index (κ3) is 1.25. The summed E-state index contributed by atoms with van der Waals surface area (Å²) in [7, 11) is 1.65. The molecule has 1 aliphatic rings. The molecule has 0 atom stereocenters. The van der Waals surface area contributed by atoms with Crippen molar-refractivity contribution in [3.8, 4) is 11.4 Å². The molecule has 5 heteroatoms. The lowest BCUT2D eigenvalue weighted by molar-refractivity contribution is 0.0862. The molecular weight excluding hydrogens is 218 g/mol. The van der Waals surface area contributed by atoms with Crippen LogP contribution >= 0.6 is 0 Å². The number of fused-ring (bicyclic) bond motifs is 3. The van der Waals surface area contributed by atoms with E-state index >= 15 is 0 Å². The third-order valence-electron chi connectivity index (χ3n) is 2.93. The van der Waals surface area contributed by atoms with Crippen LogP contribution in [0.5, 0.6) is 5.75 Å². The van der Waals surface area contributed by atoms with Crippen molar-refractivity contribution in [2.75, 3.05) is 0 Å². The molecule has 5 nitrogen and oxygen atoms in total. The number of aromatic nitrogens is 3. The van der Waals surface area contributed by atoms with E-state index in [9.17, 15) is 4.79 Å². The van der Waals surface area contributed by atoms with E-state index in [-0.39, 0.29) is 5.69 Å². The second-order valence-corrected chi connectivity index (χ2v) is 4.65. The first kappa shape index (κ1) is 10.1. The van der Waals surface area contributed by atoms with Gasteiger partial charge in [-0.25, -0.2) is 14.0 Å². The van der Waals surface area contributed by atoms with Gasteiger partial charge in [0.2, 0.25) is 0 Å². The van der Waals surface area contributed by atoms with Crippen LogP contribution in [0.4, 0.5) is 0 Å². The van der Waals surface area contributed by atoms with Gasteiger partial charge in [-0.2, -0.15) is 5.10 Å². The molecule has 88 valence electrons. The van der Waals surface area contributed by atoms with Crippen molar-refractivity contribution < 1.29 is 4.74 Å². The number of rotatable bonds is 0. The molecule has 0 amide bonds. The normalized spacial score (nSPS) is 15.9. The SMILES string of the molecule is Cn1nc2n(c1=O)-c1ccccc1OC2(C)C. The summed E-state index contributed by atoms with van der Waals surface area (Å²) in [5.74, 6) is 1.34. The van der Waals surface area contributed by atoms with Gasteiger partial charge < -0.3 is 4.74 Å². The van der Waals surface area contributed by atoms with Gasteiger partial charge in [-0.05, 0) is 26.0 Å². The van der Waals surface area contributed by atoms with Crippen LogP contribution in [-0.2, 0) is 12.6 Å². The van der Waals surface area contributed by atoms with Gasteiger partial charge in [0.05, 0.1) is 5.69 Å². The first-order chi connectivity index (χ1) is 8.00. The van der Waals surface area contributed by atoms with Gasteiger partial charge in [0.25, 0.3) is 0 Å². The molecule has 0 saturated heterocycles. The van der Waals surface area contributed by atoms with Gasteiger partial charge in [0, 0.05) is 7.05 Å². The van der Waals surface area contributed by atoms with Gasteiger partial charge in [-0.1, -0.05) is 12.1 Å². The molecule has 0 fully saturated rings. The lowest BCUT2D eigenvalue weighted by Gasteiger charge is -2.31. The average Bonchev–Trinajstić information content (AvgIpc) is 2.57. The fraction of sp³-hybridized carbons (Fsp3) is 0.333. The summed E-state index contributed by atoms with van der Waals surface area (Å²) in [4.78, 5) is 12.1. The monoisotopic (exact) mass is 231 g/mol. The van der Waals surface area contributed by atoms with Crippen molar-refractivity contribution in [2.24, 2.45) is 7.05 Å². The Balaban J connectivity index is 2.42. The zero-order valence-electron chi connectivity index (χ0n) is 9.97. The van der Waals surface area contributed by atoms with Crippen LogP contribution in [0, 0.1) is 0 Å². The third-order valence-corrected chi connectivity index (χ3v) is 2.93. The van der Waals surface area contributed by atoms with Gasteiger partial charge >= 0.3 is 5.69 Å². The van der Waals surface area contributed by atoms with Crippen LogP contribution in [0.15, 0.2) is 29.1 Å². The topological polar surface area (TPSA) is 49.0 Å². The first-order valence-corrected chi connectivity index (χ1v) is 5.45. The van der Waals surface area contributed by atoms with E-state index in [4.69, 9.17) is 4.74 Å². The minimum atomic E-state index is -0.602. The van der Waals surface area contributed by atoms with Gasteiger partial charge in [-0.15, -0.1) is 0 Å². The predicted molar refractivity (Wildman–Crippen MR) is 62.5 cm³/mol. The number of ether oxygens (including phenoxy) is 1. The zero-order chi connectivity index (χ0) is 12.2. The number of aryl methyl sites for hydroxylation is 1. The highest BCUT2D eigenvalue weighted by atomic mass is 16.5. The van der Waals surface area contributed by atoms with Crippen LogP contribution in [-0.4, -0.2) is 14.3 Å². The Hall–Kier alpha value is -2.04. The molecule has 2 aromatic rings. The second-order valence-electron chi connectivity index (χ2n) is 4.65. The highest BCUT2D eigenvalue weighted by Gasteiger charge is 2.36. The smallest absolute Gasteiger partial charge is 0.350 e. The Bertz CT molecular complexity index is 652. The number of para-hydroxylation sites is 2. The van der Waals surface area contributed by atoms with Crippen LogP contribution in [0.1, 0.15) is 19.7 Å². The van der Waals surface area contributed by atoms with E-state index in [2.05, 4.69) is 5.10 Å². The summed E-state index contributed by atoms with van der Waals surface area (Å²) in [5, 5.41) is 4.24. The molecule has 1 aromatic carbocycles. The first-order valence-electron chi connectivity index (χ1n) is 5.45. The summed E-state index contributed by atoms with van der Waals surface area (Å²) in [5.41, 5.74) is -0.00171. The fourth-order valence-corrected chi connectivity index (χ4v) is 2.12. The van der Waals surface area contributed by atoms with Crippen molar-refractivity contribution in [3.05, 3.63) is 40.6 Å². The predicted octanol–water partition coefficient (Wildman–Crippen LogP) is 1.20. The summed E-state index contributed by atoms with van der Waals surface area (Å²) in [6.07, 6.45) is 0. The standard InChI is InChI=1S/C12H13N3O2/c1-12(2)10-13-14(3)11(16)15(10)8-6-4-5-7-9(8)17-12/h4-7H,1-3H3. The maximum atomic E-state index is 12.1. The quantitative estimate of drug-likeness (QED) is 0.684. The van der Waals surface area contributed by atoms with E-state index in [1.807, 2.05) is 38.1 Å². The lowest BCUT2D eigenvalue weighted by Crippen LogP contribution is -2.36. The van der Waals surface area contributed by atoms with Gasteiger partial charge in [0.15, 0.2) is 11.4 Å². The molecule has 3 rings (SSSR count). The van der Waals surface area contributed by atoms with Crippen molar-refractivity contribution in [1.29, 1.82) is 0 Å². The fourth-order valence-electron chi connectivity index (χ4n) is 2.12. The maximum Gasteiger partial charge on any atom is 0.350 e. The number of nitrogens with zero attached hydrogens (tertiary/aromatic N) is 3. The molecule has 0 radical (unpaired) electrons. The Morgan fingerprint density at radius 3 is 2.76 bits per heavy atom. The Morgan fingerprint density at radius 2 is 2.00 bits per heavy atom. The zero-order valence-corrected chi connectivity index (χ0v) is 9.97. The molecule has 1 aliphatic heterocycles. The van der Waals surface area contributed by atoms with E-state index in [0.29, 0.717) is 11.6 Å². The van der Waals surface area contributed by atoms with Gasteiger partial charge in [-0.3, -0.25) is 0 Å². The molecule has 2 heterocycles. The second kappa shape index (κ2) is 3.00. The van der Waals surface area contributed by atoms with Crippen LogP contribution in [0.2, 0.25) is 0 Å². The van der Waals surface area contributed by atoms with E-state index in [0.717, 1.165) is 5.69 Å². The molecule has 0 N–H and O–H groups in total. The van der Waals surface area contributed by atoms with Crippen molar-refractivity contribution >= 4 is 0 Å². The van der Waals surface area contributed by atoms with Crippen LogP contribution in [0.25, 0.3) is 5.69 Å². The molecule has 0 spiro atoms. The Labute approximate surface area is 98.3 Å². The summed E-state index contributed by atoms with van der Waals surface area (Å²) in [6, 6.07) is 7.49. The van der Waals surface area contributed by atoms with E-state index in [1.54, 1.807) is 11.6 Å². The van der Waals surface area contributed by atoms with Crippen LogP contribution < -0.4 is 10.4 Å². The number of benzene rings is 1. The Kier molecular flexibility index (Phi) is 1.79. The number of hydrogen-bond acceptors (Lipinski definition) is 3. The van der Waals surface area contributed by atoms with E-state index in [1.165, 1.54) is 4.68 Å². The van der Waals surface area contributed by atoms with Crippen LogP contribution in [0.3, 0.4) is 0 Å². The number of hydrogen-bond donors (Lipinski definition) is 0. The summed E-state index contributed by atoms with van der Waals surface area (Å²) < 4.78 is 8.82. The van der Waals surface area contributed by atoms with Crippen molar-refractivity contribution in [3.63, 3.8) is 0 Å². The maximum absolute atomic E-state index is 12.1. The molecule has 0 saturated carbocycles. The Morgan fingerprint density at radius 1 is 1.29 bits per heavy atom. The van der Waals surface area contributed by atoms with E-state index < -0.39 is 5.60 Å².